The van der Waals surface area contributed by atoms with Gasteiger partial charge in [0.05, 0.1) is 63.3 Å². The minimum Gasteiger partial charge on any atom is -0.308 e. The standard InChI is InChI=1S/C78H46N8/c1-81-61-36-30-54(31-37-61)62-24-8-9-27-65(62)76-82-77(66-38-32-59(55-22-14-16-50(42-55)48-79)46-74(66)85-70-28-12-10-25-63(70)68-44-57(34-40-72(68)85)52-18-4-2-5-19-52)84-78(83-76)67-39-33-60(56-23-15-17-51(43-56)49-80)47-75(67)86-71-29-13-11-26-64(71)69-45-58(35-41-73(69)86)53-20-6-3-7-21-53/h2-47H. The van der Waals surface area contributed by atoms with Crippen LogP contribution in [0.4, 0.5) is 5.69 Å². The smallest absolute Gasteiger partial charge is 0.187 e. The summed E-state index contributed by atoms with van der Waals surface area (Å²) in [6.45, 7) is 7.74. The third kappa shape index (κ3) is 8.90. The largest absolute Gasteiger partial charge is 0.308 e. The Morgan fingerprint density at radius 3 is 1.14 bits per heavy atom. The topological polar surface area (TPSA) is 100 Å². The van der Waals surface area contributed by atoms with Gasteiger partial charge in [0.1, 0.15) is 0 Å². The van der Waals surface area contributed by atoms with Crippen LogP contribution in [0, 0.1) is 29.2 Å². The van der Waals surface area contributed by atoms with Crippen LogP contribution in [0.3, 0.4) is 0 Å². The molecule has 0 aliphatic rings. The number of nitrogens with zero attached hydrogens (tertiary/aromatic N) is 8. The van der Waals surface area contributed by atoms with E-state index in [9.17, 15) is 10.5 Å². The molecule has 15 rings (SSSR count). The fourth-order valence-electron chi connectivity index (χ4n) is 12.2. The maximum Gasteiger partial charge on any atom is 0.187 e. The second-order valence-electron chi connectivity index (χ2n) is 21.3. The highest BCUT2D eigenvalue weighted by Crippen LogP contribution is 2.44. The van der Waals surface area contributed by atoms with Crippen molar-refractivity contribution >= 4 is 49.3 Å². The number of hydrogen-bond acceptors (Lipinski definition) is 5. The molecular formula is C78H46N8. The van der Waals surface area contributed by atoms with Crippen LogP contribution in [0.15, 0.2) is 279 Å². The molecule has 398 valence electrons. The average Bonchev–Trinajstić information content (AvgIpc) is 2.05. The second kappa shape index (κ2) is 21.2. The normalized spacial score (nSPS) is 11.2. The minimum absolute atomic E-state index is 0.439. The Labute approximate surface area is 496 Å². The summed E-state index contributed by atoms with van der Waals surface area (Å²) in [6, 6.07) is 100.0. The Morgan fingerprint density at radius 2 is 0.663 bits per heavy atom. The van der Waals surface area contributed by atoms with Gasteiger partial charge in [0.15, 0.2) is 23.2 Å². The third-order valence-corrected chi connectivity index (χ3v) is 16.3. The molecule has 86 heavy (non-hydrogen) atoms. The fraction of sp³-hybridized carbons (Fsp3) is 0. The van der Waals surface area contributed by atoms with Crippen molar-refractivity contribution in [3.63, 3.8) is 0 Å². The Morgan fingerprint density at radius 1 is 0.291 bits per heavy atom. The Kier molecular flexibility index (Phi) is 12.5. The molecule has 3 heterocycles. The van der Waals surface area contributed by atoms with Crippen LogP contribution in [-0.2, 0) is 0 Å². The molecule has 0 saturated heterocycles. The highest BCUT2D eigenvalue weighted by atomic mass is 15.1. The van der Waals surface area contributed by atoms with E-state index in [1.165, 1.54) is 0 Å². The predicted molar refractivity (Wildman–Crippen MR) is 348 cm³/mol. The van der Waals surface area contributed by atoms with Gasteiger partial charge in [-0.3, -0.25) is 0 Å². The summed E-state index contributed by atoms with van der Waals surface area (Å²) in [5.74, 6) is 1.33. The molecule has 8 heteroatoms. The predicted octanol–water partition coefficient (Wildman–Crippen LogP) is 19.7. The molecule has 3 aromatic heterocycles. The first kappa shape index (κ1) is 50.7. The van der Waals surface area contributed by atoms with Crippen molar-refractivity contribution in [2.45, 2.75) is 0 Å². The summed E-state index contributed by atoms with van der Waals surface area (Å²) in [7, 11) is 0. The van der Waals surface area contributed by atoms with Crippen molar-refractivity contribution in [1.82, 2.24) is 24.1 Å². The van der Waals surface area contributed by atoms with Crippen LogP contribution in [0.25, 0.3) is 150 Å². The van der Waals surface area contributed by atoms with E-state index in [4.69, 9.17) is 21.5 Å². The first-order valence-corrected chi connectivity index (χ1v) is 28.3. The van der Waals surface area contributed by atoms with Gasteiger partial charge in [0.25, 0.3) is 0 Å². The molecule has 0 unspecified atom stereocenters. The van der Waals surface area contributed by atoms with Crippen LogP contribution in [0.2, 0.25) is 0 Å². The fourth-order valence-corrected chi connectivity index (χ4v) is 12.2. The van der Waals surface area contributed by atoms with Gasteiger partial charge in [0.2, 0.25) is 0 Å². The Balaban J connectivity index is 1.03. The molecular weight excluding hydrogens is 1050 g/mol. The summed E-state index contributed by atoms with van der Waals surface area (Å²) < 4.78 is 4.64. The van der Waals surface area contributed by atoms with Crippen molar-refractivity contribution in [2.24, 2.45) is 0 Å². The quantitative estimate of drug-likeness (QED) is 0.127. The van der Waals surface area contributed by atoms with E-state index in [0.29, 0.717) is 34.3 Å². The highest BCUT2D eigenvalue weighted by Gasteiger charge is 2.25. The summed E-state index contributed by atoms with van der Waals surface area (Å²) in [6.07, 6.45) is 0. The molecule has 0 radical (unpaired) electrons. The van der Waals surface area contributed by atoms with Gasteiger partial charge in [-0.1, -0.05) is 194 Å². The zero-order valence-electron chi connectivity index (χ0n) is 46.1. The maximum absolute atomic E-state index is 10.1. The number of benzene rings is 12. The van der Waals surface area contributed by atoms with Crippen molar-refractivity contribution < 1.29 is 0 Å². The van der Waals surface area contributed by atoms with Crippen LogP contribution >= 0.6 is 0 Å². The lowest BCUT2D eigenvalue weighted by molar-refractivity contribution is 1.06. The minimum atomic E-state index is 0.439. The lowest BCUT2D eigenvalue weighted by atomic mass is 9.98. The van der Waals surface area contributed by atoms with E-state index in [-0.39, 0.29) is 0 Å². The van der Waals surface area contributed by atoms with Gasteiger partial charge in [-0.15, -0.1) is 0 Å². The van der Waals surface area contributed by atoms with Crippen molar-refractivity contribution in [3.8, 4) is 113 Å². The molecule has 0 spiro atoms. The Bertz CT molecular complexity index is 5050. The van der Waals surface area contributed by atoms with Gasteiger partial charge in [-0.2, -0.15) is 10.5 Å². The summed E-state index contributed by atoms with van der Waals surface area (Å²) >= 11 is 0. The molecule has 0 aliphatic heterocycles. The van der Waals surface area contributed by atoms with Crippen LogP contribution in [0.5, 0.6) is 0 Å². The first-order chi connectivity index (χ1) is 42.5. The van der Waals surface area contributed by atoms with Gasteiger partial charge in [-0.05, 0) is 141 Å². The number of rotatable bonds is 10. The molecule has 0 fully saturated rings. The highest BCUT2D eigenvalue weighted by molar-refractivity contribution is 6.12. The van der Waals surface area contributed by atoms with Gasteiger partial charge >= 0.3 is 0 Å². The zero-order valence-corrected chi connectivity index (χ0v) is 46.1. The molecule has 8 nitrogen and oxygen atoms in total. The summed E-state index contributed by atoms with van der Waals surface area (Å²) in [5.41, 5.74) is 19.5. The lowest BCUT2D eigenvalue weighted by Crippen LogP contribution is -2.06. The average molecular weight is 1100 g/mol. The molecule has 0 N–H and O–H groups in total. The van der Waals surface area contributed by atoms with Crippen molar-refractivity contribution in [1.29, 1.82) is 10.5 Å². The van der Waals surface area contributed by atoms with E-state index in [0.717, 1.165) is 127 Å². The van der Waals surface area contributed by atoms with E-state index >= 15 is 0 Å². The number of nitriles is 2. The van der Waals surface area contributed by atoms with Crippen molar-refractivity contribution in [3.05, 3.63) is 302 Å². The molecule has 0 saturated carbocycles. The number of para-hydroxylation sites is 2. The van der Waals surface area contributed by atoms with Gasteiger partial charge in [0, 0.05) is 38.2 Å². The number of aromatic nitrogens is 5. The first-order valence-electron chi connectivity index (χ1n) is 28.3. The van der Waals surface area contributed by atoms with Gasteiger partial charge < -0.3 is 9.13 Å². The SMILES string of the molecule is [C-]#[N+]c1ccc(-c2ccccc2-c2nc(-c3ccc(-c4cccc(C#N)c4)cc3-n3c4ccccc4c4cc(-c5ccccc5)ccc43)nc(-c3ccc(-c4cccc(C#N)c4)cc3-n3c4ccccc4c4cc(-c5ccccc5)ccc43)n2)cc1. The number of fused-ring (bicyclic) bond motifs is 6. The van der Waals surface area contributed by atoms with Gasteiger partial charge in [-0.25, -0.2) is 19.8 Å². The van der Waals surface area contributed by atoms with E-state index in [1.807, 2.05) is 103 Å². The maximum atomic E-state index is 10.1. The molecule has 0 aliphatic carbocycles. The number of hydrogen-bond donors (Lipinski definition) is 0. The van der Waals surface area contributed by atoms with E-state index in [1.54, 1.807) is 0 Å². The van der Waals surface area contributed by atoms with E-state index in [2.05, 4.69) is 202 Å². The van der Waals surface area contributed by atoms with Crippen LogP contribution < -0.4 is 0 Å². The molecule has 0 atom stereocenters. The third-order valence-electron chi connectivity index (χ3n) is 16.3. The molecule has 12 aromatic carbocycles. The summed E-state index contributed by atoms with van der Waals surface area (Å²) in [4.78, 5) is 20.6. The Hall–Kier alpha value is -12.3. The summed E-state index contributed by atoms with van der Waals surface area (Å²) in [5, 5.41) is 24.6. The van der Waals surface area contributed by atoms with E-state index < -0.39 is 0 Å². The molecule has 0 amide bonds. The van der Waals surface area contributed by atoms with Crippen LogP contribution in [-0.4, -0.2) is 24.1 Å². The van der Waals surface area contributed by atoms with Crippen LogP contribution in [0.1, 0.15) is 11.1 Å². The molecule has 15 aromatic rings. The monoisotopic (exact) mass is 1090 g/mol. The van der Waals surface area contributed by atoms with Crippen molar-refractivity contribution in [2.75, 3.05) is 0 Å². The lowest BCUT2D eigenvalue weighted by Gasteiger charge is -2.19. The second-order valence-corrected chi connectivity index (χ2v) is 21.3. The zero-order chi connectivity index (χ0) is 57.7. The molecule has 0 bridgehead atoms.